The number of carbonyl (C=O) groups excluding carboxylic acids is 1. The Hall–Kier alpha value is -1.11. The molecule has 1 aliphatic carbocycles. The minimum Gasteiger partial charge on any atom is -0.303 e. The van der Waals surface area contributed by atoms with Crippen LogP contribution in [0.15, 0.2) is 30.3 Å². The molecule has 0 amide bonds. The first-order valence-electron chi connectivity index (χ1n) is 4.89. The van der Waals surface area contributed by atoms with E-state index in [4.69, 9.17) is 0 Å². The van der Waals surface area contributed by atoms with Gasteiger partial charge < -0.3 is 4.79 Å². The standard InChI is InChI=1S/C12H14O/c13-9-12-8-11(12)7-6-10-4-2-1-3-5-10/h1-5,9,11-12H,6-8H2/t11-,12+/m0/s1. The Balaban J connectivity index is 1.78. The summed E-state index contributed by atoms with van der Waals surface area (Å²) >= 11 is 0. The monoisotopic (exact) mass is 174 g/mol. The van der Waals surface area contributed by atoms with Gasteiger partial charge in [-0.15, -0.1) is 0 Å². The third-order valence-corrected chi connectivity index (χ3v) is 2.80. The van der Waals surface area contributed by atoms with Gasteiger partial charge in [0.15, 0.2) is 0 Å². The molecule has 1 aromatic rings. The molecule has 0 N–H and O–H groups in total. The van der Waals surface area contributed by atoms with Gasteiger partial charge in [0.1, 0.15) is 6.29 Å². The third-order valence-electron chi connectivity index (χ3n) is 2.80. The van der Waals surface area contributed by atoms with Crippen LogP contribution in [-0.2, 0) is 11.2 Å². The Morgan fingerprint density at radius 2 is 2.08 bits per heavy atom. The highest BCUT2D eigenvalue weighted by Gasteiger charge is 2.35. The van der Waals surface area contributed by atoms with Gasteiger partial charge in [-0.05, 0) is 30.7 Å². The number of rotatable bonds is 4. The van der Waals surface area contributed by atoms with Gasteiger partial charge in [-0.3, -0.25) is 0 Å². The molecule has 0 saturated heterocycles. The molecule has 1 fully saturated rings. The van der Waals surface area contributed by atoms with E-state index in [2.05, 4.69) is 24.3 Å². The van der Waals surface area contributed by atoms with Crippen LogP contribution in [0, 0.1) is 11.8 Å². The Morgan fingerprint density at radius 3 is 2.69 bits per heavy atom. The van der Waals surface area contributed by atoms with Gasteiger partial charge in [0, 0.05) is 5.92 Å². The second kappa shape index (κ2) is 3.73. The fourth-order valence-corrected chi connectivity index (χ4v) is 1.77. The number of aryl methyl sites for hydroxylation is 1. The summed E-state index contributed by atoms with van der Waals surface area (Å²) in [5, 5.41) is 0. The molecule has 1 heteroatoms. The number of aldehydes is 1. The zero-order valence-electron chi connectivity index (χ0n) is 7.65. The van der Waals surface area contributed by atoms with Gasteiger partial charge in [-0.2, -0.15) is 0 Å². The lowest BCUT2D eigenvalue weighted by Crippen LogP contribution is -1.89. The number of carbonyl (C=O) groups is 1. The minimum absolute atomic E-state index is 0.378. The van der Waals surface area contributed by atoms with E-state index < -0.39 is 0 Å². The molecule has 13 heavy (non-hydrogen) atoms. The van der Waals surface area contributed by atoms with Crippen LogP contribution < -0.4 is 0 Å². The molecule has 0 aromatic heterocycles. The molecular formula is C12H14O. The SMILES string of the molecule is O=C[C@H]1C[C@@H]1CCc1ccccc1. The molecule has 0 heterocycles. The van der Waals surface area contributed by atoms with E-state index in [9.17, 15) is 4.79 Å². The summed E-state index contributed by atoms with van der Waals surface area (Å²) in [5.41, 5.74) is 1.39. The predicted molar refractivity (Wildman–Crippen MR) is 52.4 cm³/mol. The first-order chi connectivity index (χ1) is 6.40. The summed E-state index contributed by atoms with van der Waals surface area (Å²) in [6.07, 6.45) is 4.52. The van der Waals surface area contributed by atoms with E-state index in [1.165, 1.54) is 12.0 Å². The topological polar surface area (TPSA) is 17.1 Å². The summed E-state index contributed by atoms with van der Waals surface area (Å²) in [5.74, 6) is 1.06. The summed E-state index contributed by atoms with van der Waals surface area (Å²) in [7, 11) is 0. The normalized spacial score (nSPS) is 25.5. The van der Waals surface area contributed by atoms with E-state index in [1.807, 2.05) is 6.07 Å². The Bertz CT molecular complexity index is 278. The highest BCUT2D eigenvalue weighted by atomic mass is 16.1. The van der Waals surface area contributed by atoms with Gasteiger partial charge in [-0.1, -0.05) is 30.3 Å². The van der Waals surface area contributed by atoms with Crippen molar-refractivity contribution in [1.82, 2.24) is 0 Å². The van der Waals surface area contributed by atoms with Crippen LogP contribution in [0.3, 0.4) is 0 Å². The highest BCUT2D eigenvalue weighted by molar-refractivity contribution is 5.58. The Kier molecular flexibility index (Phi) is 2.44. The van der Waals surface area contributed by atoms with E-state index in [0.717, 1.165) is 19.1 Å². The molecule has 2 rings (SSSR count). The highest BCUT2D eigenvalue weighted by Crippen LogP contribution is 2.39. The van der Waals surface area contributed by atoms with E-state index in [-0.39, 0.29) is 0 Å². The fraction of sp³-hybridized carbons (Fsp3) is 0.417. The van der Waals surface area contributed by atoms with Gasteiger partial charge in [0.2, 0.25) is 0 Å². The Morgan fingerprint density at radius 1 is 1.31 bits per heavy atom. The van der Waals surface area contributed by atoms with Crippen molar-refractivity contribution in [2.24, 2.45) is 11.8 Å². The van der Waals surface area contributed by atoms with Gasteiger partial charge in [0.25, 0.3) is 0 Å². The third kappa shape index (κ3) is 2.18. The first-order valence-corrected chi connectivity index (χ1v) is 4.89. The summed E-state index contributed by atoms with van der Waals surface area (Å²) in [4.78, 5) is 10.4. The molecule has 0 aliphatic heterocycles. The maximum absolute atomic E-state index is 10.4. The second-order valence-electron chi connectivity index (χ2n) is 3.82. The maximum atomic E-state index is 10.4. The van der Waals surface area contributed by atoms with E-state index >= 15 is 0 Å². The van der Waals surface area contributed by atoms with Crippen molar-refractivity contribution in [3.05, 3.63) is 35.9 Å². The average Bonchev–Trinajstić information content (AvgIpc) is 2.95. The van der Waals surface area contributed by atoms with Crippen molar-refractivity contribution in [2.75, 3.05) is 0 Å². The summed E-state index contributed by atoms with van der Waals surface area (Å²) < 4.78 is 0. The molecule has 0 spiro atoms. The van der Waals surface area contributed by atoms with Crippen LogP contribution in [0.25, 0.3) is 0 Å². The fourth-order valence-electron chi connectivity index (χ4n) is 1.77. The molecule has 1 saturated carbocycles. The van der Waals surface area contributed by atoms with Crippen LogP contribution in [-0.4, -0.2) is 6.29 Å². The molecule has 2 atom stereocenters. The molecular weight excluding hydrogens is 160 g/mol. The quantitative estimate of drug-likeness (QED) is 0.641. The molecule has 68 valence electrons. The van der Waals surface area contributed by atoms with Crippen LogP contribution >= 0.6 is 0 Å². The average molecular weight is 174 g/mol. The van der Waals surface area contributed by atoms with Crippen LogP contribution in [0.1, 0.15) is 18.4 Å². The van der Waals surface area contributed by atoms with Crippen molar-refractivity contribution >= 4 is 6.29 Å². The number of hydrogen-bond donors (Lipinski definition) is 0. The van der Waals surface area contributed by atoms with Crippen LogP contribution in [0.5, 0.6) is 0 Å². The lowest BCUT2D eigenvalue weighted by Gasteiger charge is -1.98. The van der Waals surface area contributed by atoms with Crippen molar-refractivity contribution in [3.63, 3.8) is 0 Å². The summed E-state index contributed by atoms with van der Waals surface area (Å²) in [6.45, 7) is 0. The zero-order chi connectivity index (χ0) is 9.10. The number of hydrogen-bond acceptors (Lipinski definition) is 1. The maximum Gasteiger partial charge on any atom is 0.123 e. The van der Waals surface area contributed by atoms with Crippen molar-refractivity contribution in [3.8, 4) is 0 Å². The van der Waals surface area contributed by atoms with Crippen LogP contribution in [0.2, 0.25) is 0 Å². The predicted octanol–water partition coefficient (Wildman–Crippen LogP) is 2.45. The molecule has 1 aliphatic rings. The van der Waals surface area contributed by atoms with Crippen molar-refractivity contribution < 1.29 is 4.79 Å². The lowest BCUT2D eigenvalue weighted by atomic mass is 10.1. The minimum atomic E-state index is 0.378. The molecule has 0 radical (unpaired) electrons. The zero-order valence-corrected chi connectivity index (χ0v) is 7.65. The smallest absolute Gasteiger partial charge is 0.123 e. The van der Waals surface area contributed by atoms with Gasteiger partial charge in [0.05, 0.1) is 0 Å². The van der Waals surface area contributed by atoms with Gasteiger partial charge >= 0.3 is 0 Å². The first kappa shape index (κ1) is 8.49. The van der Waals surface area contributed by atoms with Crippen molar-refractivity contribution in [1.29, 1.82) is 0 Å². The number of benzene rings is 1. The van der Waals surface area contributed by atoms with E-state index in [0.29, 0.717) is 11.8 Å². The lowest BCUT2D eigenvalue weighted by molar-refractivity contribution is -0.109. The van der Waals surface area contributed by atoms with E-state index in [1.54, 1.807) is 0 Å². The molecule has 1 nitrogen and oxygen atoms in total. The second-order valence-corrected chi connectivity index (χ2v) is 3.82. The molecule has 0 unspecified atom stereocenters. The largest absolute Gasteiger partial charge is 0.303 e. The van der Waals surface area contributed by atoms with Crippen LogP contribution in [0.4, 0.5) is 0 Å². The molecule has 1 aromatic carbocycles. The Labute approximate surface area is 78.8 Å². The summed E-state index contributed by atoms with van der Waals surface area (Å²) in [6, 6.07) is 10.5. The molecule has 0 bridgehead atoms. The van der Waals surface area contributed by atoms with Crippen molar-refractivity contribution in [2.45, 2.75) is 19.3 Å². The van der Waals surface area contributed by atoms with Gasteiger partial charge in [-0.25, -0.2) is 0 Å².